The van der Waals surface area contributed by atoms with Gasteiger partial charge in [-0.05, 0) is 47.0 Å². The van der Waals surface area contributed by atoms with E-state index in [9.17, 15) is 4.79 Å². The van der Waals surface area contributed by atoms with Gasteiger partial charge in [0.1, 0.15) is 0 Å². The highest BCUT2D eigenvalue weighted by molar-refractivity contribution is 5.91. The second-order valence-electron chi connectivity index (χ2n) is 5.11. The number of nitrogens with zero attached hydrogens (tertiary/aromatic N) is 1. The molecule has 0 rings (SSSR count). The Labute approximate surface area is 113 Å². The van der Waals surface area contributed by atoms with Crippen LogP contribution < -0.4 is 5.32 Å². The molecule has 0 aromatic carbocycles. The summed E-state index contributed by atoms with van der Waals surface area (Å²) < 4.78 is 1.22. The second-order valence-corrected chi connectivity index (χ2v) is 5.11. The van der Waals surface area contributed by atoms with E-state index in [0.29, 0.717) is 5.57 Å². The number of amides is 1. The Kier molecular flexibility index (Phi) is 8.73. The standard InChI is InChI=1S/C15H30N2O/c1-6-17(7-2,8-3)13-11-9-10-12-16-15(18)14(4)5/h4,6-13H2,1-3,5H3/p+1. The second kappa shape index (κ2) is 9.15. The van der Waals surface area contributed by atoms with Gasteiger partial charge in [0.05, 0.1) is 26.2 Å². The molecule has 0 radical (unpaired) electrons. The minimum absolute atomic E-state index is 0.0178. The highest BCUT2D eigenvalue weighted by Crippen LogP contribution is 2.09. The van der Waals surface area contributed by atoms with Crippen molar-refractivity contribution in [1.82, 2.24) is 5.32 Å². The number of quaternary nitrogens is 1. The minimum Gasteiger partial charge on any atom is -0.352 e. The van der Waals surface area contributed by atoms with Gasteiger partial charge in [-0.1, -0.05) is 6.58 Å². The van der Waals surface area contributed by atoms with E-state index >= 15 is 0 Å². The molecule has 1 amide bonds. The lowest BCUT2D eigenvalue weighted by Crippen LogP contribution is -2.48. The average molecular weight is 255 g/mol. The van der Waals surface area contributed by atoms with Crippen LogP contribution in [0.4, 0.5) is 0 Å². The lowest BCUT2D eigenvalue weighted by molar-refractivity contribution is -0.923. The summed E-state index contributed by atoms with van der Waals surface area (Å²) in [5.41, 5.74) is 0.591. The van der Waals surface area contributed by atoms with Gasteiger partial charge in [-0.2, -0.15) is 0 Å². The first-order valence-corrected chi connectivity index (χ1v) is 7.30. The molecule has 0 unspecified atom stereocenters. The average Bonchev–Trinajstić information content (AvgIpc) is 2.38. The zero-order chi connectivity index (χ0) is 14.0. The van der Waals surface area contributed by atoms with Crippen LogP contribution in [0.15, 0.2) is 12.2 Å². The van der Waals surface area contributed by atoms with Crippen LogP contribution in [0.1, 0.15) is 47.0 Å². The van der Waals surface area contributed by atoms with Gasteiger partial charge in [-0.25, -0.2) is 0 Å². The molecule has 0 bridgehead atoms. The van der Waals surface area contributed by atoms with Crippen molar-refractivity contribution in [2.45, 2.75) is 47.0 Å². The van der Waals surface area contributed by atoms with Gasteiger partial charge in [-0.15, -0.1) is 0 Å². The summed E-state index contributed by atoms with van der Waals surface area (Å²) in [5.74, 6) is -0.0178. The Morgan fingerprint density at radius 3 is 2.06 bits per heavy atom. The zero-order valence-corrected chi connectivity index (χ0v) is 12.7. The number of carbonyl (C=O) groups excluding carboxylic acids is 1. The molecular formula is C15H31N2O+. The van der Waals surface area contributed by atoms with Gasteiger partial charge >= 0.3 is 0 Å². The van der Waals surface area contributed by atoms with Gasteiger partial charge < -0.3 is 9.80 Å². The van der Waals surface area contributed by atoms with Crippen LogP contribution >= 0.6 is 0 Å². The summed E-state index contributed by atoms with van der Waals surface area (Å²) >= 11 is 0. The van der Waals surface area contributed by atoms with Crippen LogP contribution in [0.25, 0.3) is 0 Å². The number of hydrogen-bond acceptors (Lipinski definition) is 1. The van der Waals surface area contributed by atoms with Crippen LogP contribution in [0.2, 0.25) is 0 Å². The maximum absolute atomic E-state index is 11.3. The van der Waals surface area contributed by atoms with Crippen molar-refractivity contribution < 1.29 is 9.28 Å². The van der Waals surface area contributed by atoms with Crippen molar-refractivity contribution in [1.29, 1.82) is 0 Å². The van der Waals surface area contributed by atoms with Crippen LogP contribution in [-0.2, 0) is 4.79 Å². The number of unbranched alkanes of at least 4 members (excludes halogenated alkanes) is 2. The van der Waals surface area contributed by atoms with E-state index in [-0.39, 0.29) is 5.91 Å². The molecule has 0 saturated carbocycles. The summed E-state index contributed by atoms with van der Waals surface area (Å²) in [7, 11) is 0. The van der Waals surface area contributed by atoms with E-state index < -0.39 is 0 Å². The number of nitrogens with one attached hydrogen (secondary N) is 1. The van der Waals surface area contributed by atoms with Gasteiger partial charge in [0, 0.05) is 12.1 Å². The minimum atomic E-state index is -0.0178. The fraction of sp³-hybridized carbons (Fsp3) is 0.800. The first-order valence-electron chi connectivity index (χ1n) is 7.30. The summed E-state index contributed by atoms with van der Waals surface area (Å²) in [6.45, 7) is 17.9. The van der Waals surface area contributed by atoms with Crippen molar-refractivity contribution >= 4 is 5.91 Å². The molecule has 0 fully saturated rings. The Bertz CT molecular complexity index is 249. The lowest BCUT2D eigenvalue weighted by atomic mass is 10.2. The molecule has 3 heteroatoms. The van der Waals surface area contributed by atoms with Crippen molar-refractivity contribution in [3.05, 3.63) is 12.2 Å². The van der Waals surface area contributed by atoms with Gasteiger partial charge in [0.15, 0.2) is 0 Å². The van der Waals surface area contributed by atoms with Crippen LogP contribution in [0.5, 0.6) is 0 Å². The Morgan fingerprint density at radius 2 is 1.61 bits per heavy atom. The molecular weight excluding hydrogens is 224 g/mol. The van der Waals surface area contributed by atoms with E-state index in [1.165, 1.54) is 43.5 Å². The Morgan fingerprint density at radius 1 is 1.06 bits per heavy atom. The van der Waals surface area contributed by atoms with Crippen LogP contribution in [-0.4, -0.2) is 43.1 Å². The third-order valence-electron chi connectivity index (χ3n) is 3.99. The molecule has 0 aromatic rings. The lowest BCUT2D eigenvalue weighted by Gasteiger charge is -2.35. The molecule has 0 aliphatic heterocycles. The molecule has 0 aromatic heterocycles. The predicted molar refractivity (Wildman–Crippen MR) is 78.4 cm³/mol. The highest BCUT2D eigenvalue weighted by Gasteiger charge is 2.19. The molecule has 18 heavy (non-hydrogen) atoms. The van der Waals surface area contributed by atoms with E-state index in [0.717, 1.165) is 13.0 Å². The number of hydrogen-bond donors (Lipinski definition) is 1. The van der Waals surface area contributed by atoms with E-state index in [2.05, 4.69) is 32.7 Å². The molecule has 3 nitrogen and oxygen atoms in total. The van der Waals surface area contributed by atoms with Crippen LogP contribution in [0.3, 0.4) is 0 Å². The SMILES string of the molecule is C=C(C)C(=O)NCCCCC[N+](CC)(CC)CC. The van der Waals surface area contributed by atoms with Crippen molar-refractivity contribution in [3.8, 4) is 0 Å². The molecule has 0 saturated heterocycles. The fourth-order valence-electron chi connectivity index (χ4n) is 2.25. The molecule has 0 atom stereocenters. The van der Waals surface area contributed by atoms with Gasteiger partial charge in [0.2, 0.25) is 5.91 Å². The molecule has 106 valence electrons. The molecule has 0 heterocycles. The summed E-state index contributed by atoms with van der Waals surface area (Å²) in [4.78, 5) is 11.3. The first-order chi connectivity index (χ1) is 8.51. The fourth-order valence-corrected chi connectivity index (χ4v) is 2.25. The van der Waals surface area contributed by atoms with Crippen molar-refractivity contribution in [3.63, 3.8) is 0 Å². The maximum Gasteiger partial charge on any atom is 0.246 e. The highest BCUT2D eigenvalue weighted by atomic mass is 16.1. The molecule has 0 aliphatic rings. The van der Waals surface area contributed by atoms with E-state index in [1.54, 1.807) is 6.92 Å². The Balaban J connectivity index is 3.67. The number of rotatable bonds is 10. The van der Waals surface area contributed by atoms with Crippen molar-refractivity contribution in [2.75, 3.05) is 32.7 Å². The summed E-state index contributed by atoms with van der Waals surface area (Å²) in [6.07, 6.45) is 3.51. The van der Waals surface area contributed by atoms with Crippen molar-refractivity contribution in [2.24, 2.45) is 0 Å². The number of carbonyl (C=O) groups is 1. The van der Waals surface area contributed by atoms with Gasteiger partial charge in [-0.3, -0.25) is 4.79 Å². The predicted octanol–water partition coefficient (Wildman–Crippen LogP) is 2.73. The topological polar surface area (TPSA) is 29.1 Å². The zero-order valence-electron chi connectivity index (χ0n) is 12.7. The van der Waals surface area contributed by atoms with Gasteiger partial charge in [0.25, 0.3) is 0 Å². The smallest absolute Gasteiger partial charge is 0.246 e. The van der Waals surface area contributed by atoms with E-state index in [4.69, 9.17) is 0 Å². The summed E-state index contributed by atoms with van der Waals surface area (Å²) in [6, 6.07) is 0. The molecule has 0 spiro atoms. The first kappa shape index (κ1) is 17.2. The third kappa shape index (κ3) is 6.20. The maximum atomic E-state index is 11.3. The van der Waals surface area contributed by atoms with Crippen LogP contribution in [0, 0.1) is 0 Å². The normalized spacial score (nSPS) is 11.3. The molecule has 1 N–H and O–H groups in total. The van der Waals surface area contributed by atoms with E-state index in [1.807, 2.05) is 0 Å². The third-order valence-corrected chi connectivity index (χ3v) is 3.99. The summed E-state index contributed by atoms with van der Waals surface area (Å²) in [5, 5.41) is 2.88. The largest absolute Gasteiger partial charge is 0.352 e. The molecule has 0 aliphatic carbocycles. The quantitative estimate of drug-likeness (QED) is 0.363. The Hall–Kier alpha value is -0.830. The monoisotopic (exact) mass is 255 g/mol.